The Balaban J connectivity index is 1.56. The molecule has 1 aromatic carbocycles. The van der Waals surface area contributed by atoms with E-state index in [-0.39, 0.29) is 40.6 Å². The number of rotatable bonds is 5. The number of hydrogen-bond acceptors (Lipinski definition) is 6. The van der Waals surface area contributed by atoms with Crippen molar-refractivity contribution in [2.45, 2.75) is 74.5 Å². The number of fused-ring (bicyclic) bond motifs is 2. The van der Waals surface area contributed by atoms with Crippen molar-refractivity contribution in [3.63, 3.8) is 0 Å². The van der Waals surface area contributed by atoms with Crippen LogP contribution in [0.4, 0.5) is 0 Å². The molecule has 180 valence electrons. The van der Waals surface area contributed by atoms with Crippen LogP contribution in [0.25, 0.3) is 0 Å². The van der Waals surface area contributed by atoms with Crippen LogP contribution in [-0.4, -0.2) is 64.7 Å². The molecule has 2 fully saturated rings. The zero-order valence-electron chi connectivity index (χ0n) is 19.7. The van der Waals surface area contributed by atoms with E-state index in [1.165, 1.54) is 4.90 Å². The lowest BCUT2D eigenvalue weighted by Crippen LogP contribution is -2.58. The van der Waals surface area contributed by atoms with Gasteiger partial charge in [-0.1, -0.05) is 32.0 Å². The van der Waals surface area contributed by atoms with Gasteiger partial charge in [-0.3, -0.25) is 14.4 Å². The summed E-state index contributed by atoms with van der Waals surface area (Å²) in [5.41, 5.74) is 0.794. The Labute approximate surface area is 204 Å². The van der Waals surface area contributed by atoms with Crippen molar-refractivity contribution in [1.82, 2.24) is 20.9 Å². The van der Waals surface area contributed by atoms with Gasteiger partial charge in [0.2, 0.25) is 17.7 Å². The summed E-state index contributed by atoms with van der Waals surface area (Å²) in [6, 6.07) is 6.60. The summed E-state index contributed by atoms with van der Waals surface area (Å²) in [7, 11) is 1.72. The second-order valence-electron chi connectivity index (χ2n) is 9.76. The second kappa shape index (κ2) is 9.88. The monoisotopic (exact) mass is 490 g/mol. The van der Waals surface area contributed by atoms with E-state index in [2.05, 4.69) is 41.9 Å². The molecule has 0 spiro atoms. The van der Waals surface area contributed by atoms with Crippen LogP contribution in [-0.2, 0) is 14.4 Å². The predicted octanol–water partition coefficient (Wildman–Crippen LogP) is 2.52. The number of thioether (sulfide) groups is 2. The normalized spacial score (nSPS) is 29.5. The molecule has 2 saturated heterocycles. The molecule has 4 rings (SSSR count). The van der Waals surface area contributed by atoms with Crippen LogP contribution in [0.2, 0.25) is 0 Å². The van der Waals surface area contributed by atoms with Gasteiger partial charge in [-0.2, -0.15) is 0 Å². The van der Waals surface area contributed by atoms with Crippen molar-refractivity contribution >= 4 is 41.2 Å². The number of carbonyl (C=O) groups is 3. The minimum absolute atomic E-state index is 0.0495. The lowest BCUT2D eigenvalue weighted by molar-refractivity contribution is -0.144. The van der Waals surface area contributed by atoms with Gasteiger partial charge in [0.15, 0.2) is 0 Å². The zero-order valence-corrected chi connectivity index (χ0v) is 21.4. The predicted molar refractivity (Wildman–Crippen MR) is 133 cm³/mol. The lowest BCUT2D eigenvalue weighted by atomic mass is 9.83. The fourth-order valence-corrected chi connectivity index (χ4v) is 7.72. The van der Waals surface area contributed by atoms with Crippen molar-refractivity contribution < 1.29 is 14.4 Å². The van der Waals surface area contributed by atoms with Crippen molar-refractivity contribution in [2.24, 2.45) is 5.41 Å². The molecular formula is C24H34N4O3S2. The topological polar surface area (TPSA) is 90.5 Å². The minimum Gasteiger partial charge on any atom is -0.347 e. The van der Waals surface area contributed by atoms with Crippen LogP contribution in [0.3, 0.4) is 0 Å². The second-order valence-corrected chi connectivity index (χ2v) is 12.2. The van der Waals surface area contributed by atoms with E-state index in [1.54, 1.807) is 30.6 Å². The average Bonchev–Trinajstić information content (AvgIpc) is 2.99. The van der Waals surface area contributed by atoms with Crippen LogP contribution in [0.5, 0.6) is 0 Å². The molecule has 5 atom stereocenters. The van der Waals surface area contributed by atoms with Crippen molar-refractivity contribution in [3.05, 3.63) is 29.8 Å². The SMILES string of the molecule is CNC(C)C(=O)N[C@H]1CCSC2CC(C)(C)[C@@H](C(=O)N[C@@H]3CCSc4ccccc43)N2C1=O. The van der Waals surface area contributed by atoms with E-state index in [0.717, 1.165) is 29.9 Å². The molecule has 3 aliphatic heterocycles. The highest BCUT2D eigenvalue weighted by Crippen LogP contribution is 2.46. The quantitative estimate of drug-likeness (QED) is 0.588. The number of nitrogens with one attached hydrogen (secondary N) is 3. The van der Waals surface area contributed by atoms with Gasteiger partial charge in [-0.15, -0.1) is 23.5 Å². The van der Waals surface area contributed by atoms with Gasteiger partial charge in [-0.25, -0.2) is 0 Å². The van der Waals surface area contributed by atoms with Crippen LogP contribution < -0.4 is 16.0 Å². The number of carbonyl (C=O) groups excluding carboxylic acids is 3. The summed E-state index contributed by atoms with van der Waals surface area (Å²) in [4.78, 5) is 42.8. The van der Waals surface area contributed by atoms with Crippen LogP contribution in [0, 0.1) is 5.41 Å². The summed E-state index contributed by atoms with van der Waals surface area (Å²) in [5, 5.41) is 9.05. The van der Waals surface area contributed by atoms with E-state index < -0.39 is 12.1 Å². The first kappa shape index (κ1) is 24.4. The molecule has 0 radical (unpaired) electrons. The van der Waals surface area contributed by atoms with Gasteiger partial charge < -0.3 is 20.9 Å². The number of benzene rings is 1. The third kappa shape index (κ3) is 4.91. The van der Waals surface area contributed by atoms with E-state index in [9.17, 15) is 14.4 Å². The molecule has 3 heterocycles. The number of hydrogen-bond donors (Lipinski definition) is 3. The highest BCUT2D eigenvalue weighted by molar-refractivity contribution is 8.00. The molecule has 3 amide bonds. The molecule has 1 aromatic rings. The summed E-state index contributed by atoms with van der Waals surface area (Å²) < 4.78 is 0. The number of likely N-dealkylation sites (N-methyl/N-ethyl adjacent to an activating group) is 1. The molecule has 0 aliphatic carbocycles. The lowest BCUT2D eigenvalue weighted by Gasteiger charge is -2.36. The van der Waals surface area contributed by atoms with Gasteiger partial charge in [0.05, 0.1) is 17.5 Å². The Kier molecular flexibility index (Phi) is 7.31. The Morgan fingerprint density at radius 3 is 2.61 bits per heavy atom. The Hall–Kier alpha value is -1.71. The number of amides is 3. The first-order chi connectivity index (χ1) is 15.7. The maximum absolute atomic E-state index is 13.7. The number of nitrogens with zero attached hydrogens (tertiary/aromatic N) is 1. The fraction of sp³-hybridized carbons (Fsp3) is 0.625. The van der Waals surface area contributed by atoms with Crippen molar-refractivity contribution in [1.29, 1.82) is 0 Å². The van der Waals surface area contributed by atoms with Crippen LogP contribution in [0.15, 0.2) is 29.2 Å². The first-order valence-corrected chi connectivity index (χ1v) is 13.7. The van der Waals surface area contributed by atoms with Gasteiger partial charge in [-0.05, 0) is 56.0 Å². The molecule has 7 nitrogen and oxygen atoms in total. The van der Waals surface area contributed by atoms with Crippen molar-refractivity contribution in [3.8, 4) is 0 Å². The van der Waals surface area contributed by atoms with Gasteiger partial charge >= 0.3 is 0 Å². The summed E-state index contributed by atoms with van der Waals surface area (Å²) in [5.74, 6) is 1.28. The first-order valence-electron chi connectivity index (χ1n) is 11.7. The third-order valence-electron chi connectivity index (χ3n) is 6.96. The van der Waals surface area contributed by atoms with E-state index in [0.29, 0.717) is 6.42 Å². The Bertz CT molecular complexity index is 925. The van der Waals surface area contributed by atoms with Gasteiger partial charge in [0.1, 0.15) is 12.1 Å². The zero-order chi connectivity index (χ0) is 23.8. The van der Waals surface area contributed by atoms with Crippen LogP contribution in [0.1, 0.15) is 51.6 Å². The highest BCUT2D eigenvalue weighted by Gasteiger charge is 2.54. The molecule has 3 N–H and O–H groups in total. The van der Waals surface area contributed by atoms with E-state index >= 15 is 0 Å². The molecule has 0 saturated carbocycles. The maximum Gasteiger partial charge on any atom is 0.246 e. The smallest absolute Gasteiger partial charge is 0.246 e. The average molecular weight is 491 g/mol. The summed E-state index contributed by atoms with van der Waals surface area (Å²) in [6.07, 6.45) is 2.19. The molecule has 2 unspecified atom stereocenters. The Morgan fingerprint density at radius 1 is 1.12 bits per heavy atom. The van der Waals surface area contributed by atoms with E-state index in [1.807, 2.05) is 23.9 Å². The van der Waals surface area contributed by atoms with Crippen molar-refractivity contribution in [2.75, 3.05) is 18.6 Å². The van der Waals surface area contributed by atoms with Gasteiger partial charge in [0.25, 0.3) is 0 Å². The summed E-state index contributed by atoms with van der Waals surface area (Å²) in [6.45, 7) is 5.91. The summed E-state index contributed by atoms with van der Waals surface area (Å²) >= 11 is 3.53. The maximum atomic E-state index is 13.7. The molecule has 3 aliphatic rings. The highest BCUT2D eigenvalue weighted by atomic mass is 32.2. The fourth-order valence-electron chi connectivity index (χ4n) is 5.02. The minimum atomic E-state index is -0.609. The molecule has 0 aromatic heterocycles. The largest absolute Gasteiger partial charge is 0.347 e. The standard InChI is InChI=1S/C24H34N4O3S2/c1-14(25-4)21(29)27-17-10-12-33-19-13-24(2,3)20(28(19)23(17)31)22(30)26-16-9-11-32-18-8-6-5-7-15(16)18/h5-8,14,16-17,19-20,25H,9-13H2,1-4H3,(H,26,30)(H,27,29)/t14?,16-,17+,19?,20-/m1/s1. The van der Waals surface area contributed by atoms with Gasteiger partial charge in [0, 0.05) is 10.6 Å². The third-order valence-corrected chi connectivity index (χ3v) is 9.34. The van der Waals surface area contributed by atoms with Crippen LogP contribution >= 0.6 is 23.5 Å². The van der Waals surface area contributed by atoms with E-state index in [4.69, 9.17) is 0 Å². The Morgan fingerprint density at radius 2 is 1.85 bits per heavy atom. The molecular weight excluding hydrogens is 456 g/mol. The molecule has 9 heteroatoms. The molecule has 0 bridgehead atoms. The molecule has 33 heavy (non-hydrogen) atoms.